The molecule has 1 aromatic carbocycles. The number of aromatic nitrogens is 2. The molecule has 1 heterocycles. The van der Waals surface area contributed by atoms with Gasteiger partial charge in [0.05, 0.1) is 5.56 Å². The molecule has 0 aliphatic carbocycles. The summed E-state index contributed by atoms with van der Waals surface area (Å²) in [6, 6.07) is 6.07. The quantitative estimate of drug-likeness (QED) is 0.707. The zero-order chi connectivity index (χ0) is 19.8. The molecule has 0 fully saturated rings. The van der Waals surface area contributed by atoms with Crippen molar-refractivity contribution in [2.75, 3.05) is 55.8 Å². The number of amides is 1. The minimum absolute atomic E-state index is 0.214. The second-order valence-electron chi connectivity index (χ2n) is 6.65. The van der Waals surface area contributed by atoms with E-state index in [0.29, 0.717) is 11.5 Å². The fourth-order valence-corrected chi connectivity index (χ4v) is 2.70. The average molecular weight is 371 g/mol. The highest BCUT2D eigenvalue weighted by atomic mass is 16.1. The minimum atomic E-state index is -0.214. The van der Waals surface area contributed by atoms with Crippen LogP contribution in [0.3, 0.4) is 0 Å². The molecule has 0 saturated heterocycles. The van der Waals surface area contributed by atoms with E-state index in [0.717, 1.165) is 43.1 Å². The molecule has 2 aromatic rings. The minimum Gasteiger partial charge on any atom is -0.372 e. The summed E-state index contributed by atoms with van der Waals surface area (Å²) in [5.41, 5.74) is 3.41. The van der Waals surface area contributed by atoms with E-state index < -0.39 is 0 Å². The third kappa shape index (κ3) is 5.92. The molecule has 2 N–H and O–H groups in total. The Labute approximate surface area is 161 Å². The van der Waals surface area contributed by atoms with Crippen LogP contribution in [0.25, 0.3) is 0 Å². The van der Waals surface area contributed by atoms with Crippen LogP contribution in [0.2, 0.25) is 0 Å². The predicted octanol–water partition coefficient (Wildman–Crippen LogP) is 2.86. The van der Waals surface area contributed by atoms with Crippen molar-refractivity contribution in [3.8, 4) is 0 Å². The highest BCUT2D eigenvalue weighted by molar-refractivity contribution is 6.04. The largest absolute Gasteiger partial charge is 0.372 e. The third-order valence-electron chi connectivity index (χ3n) is 4.34. The number of nitrogens with one attached hydrogen (secondary N) is 2. The van der Waals surface area contributed by atoms with Crippen molar-refractivity contribution in [2.45, 2.75) is 20.8 Å². The molecular weight excluding hydrogens is 340 g/mol. The molecule has 146 valence electrons. The van der Waals surface area contributed by atoms with Crippen molar-refractivity contribution in [2.24, 2.45) is 0 Å². The summed E-state index contributed by atoms with van der Waals surface area (Å²) in [5.74, 6) is 0.307. The van der Waals surface area contributed by atoms with Gasteiger partial charge in [-0.3, -0.25) is 4.79 Å². The van der Waals surface area contributed by atoms with E-state index in [4.69, 9.17) is 0 Å². The van der Waals surface area contributed by atoms with Gasteiger partial charge in [-0.1, -0.05) is 0 Å². The molecular formula is C20H30N6O. The molecule has 1 aromatic heterocycles. The van der Waals surface area contributed by atoms with Gasteiger partial charge in [0.2, 0.25) is 5.95 Å². The maximum Gasteiger partial charge on any atom is 0.258 e. The molecule has 0 aliphatic heterocycles. The van der Waals surface area contributed by atoms with E-state index in [1.807, 2.05) is 33.2 Å². The second-order valence-corrected chi connectivity index (χ2v) is 6.65. The van der Waals surface area contributed by atoms with E-state index in [2.05, 4.69) is 50.3 Å². The van der Waals surface area contributed by atoms with Crippen molar-refractivity contribution in [1.82, 2.24) is 14.9 Å². The second kappa shape index (κ2) is 9.87. The van der Waals surface area contributed by atoms with Crippen LogP contribution >= 0.6 is 0 Å². The van der Waals surface area contributed by atoms with Crippen LogP contribution in [-0.2, 0) is 0 Å². The highest BCUT2D eigenvalue weighted by Gasteiger charge is 2.11. The number of rotatable bonds is 9. The molecule has 0 atom stereocenters. The summed E-state index contributed by atoms with van der Waals surface area (Å²) in [7, 11) is 4.01. The van der Waals surface area contributed by atoms with Crippen molar-refractivity contribution >= 4 is 23.2 Å². The van der Waals surface area contributed by atoms with Gasteiger partial charge in [0.1, 0.15) is 0 Å². The van der Waals surface area contributed by atoms with Gasteiger partial charge in [-0.15, -0.1) is 0 Å². The number of anilines is 3. The number of aryl methyl sites for hydroxylation is 1. The topological polar surface area (TPSA) is 73.4 Å². The lowest BCUT2D eigenvalue weighted by atomic mass is 10.1. The van der Waals surface area contributed by atoms with E-state index in [-0.39, 0.29) is 5.91 Å². The first-order valence-electron chi connectivity index (χ1n) is 9.32. The predicted molar refractivity (Wildman–Crippen MR) is 112 cm³/mol. The van der Waals surface area contributed by atoms with Crippen LogP contribution in [0.15, 0.2) is 30.6 Å². The number of carbonyl (C=O) groups excluding carboxylic acids is 1. The summed E-state index contributed by atoms with van der Waals surface area (Å²) < 4.78 is 0. The summed E-state index contributed by atoms with van der Waals surface area (Å²) in [6.07, 6.45) is 3.08. The standard InChI is InChI=1S/C20H30N6O/c1-6-26(7-2)17-8-9-18(15(3)12-17)24-19(27)16-13-22-20(23-14-16)21-10-11-25(4)5/h8-9,12-14H,6-7,10-11H2,1-5H3,(H,24,27)(H,21,22,23). The number of hydrogen-bond donors (Lipinski definition) is 2. The molecule has 0 aliphatic rings. The van der Waals surface area contributed by atoms with Gasteiger partial charge < -0.3 is 20.4 Å². The van der Waals surface area contributed by atoms with E-state index in [9.17, 15) is 4.79 Å². The van der Waals surface area contributed by atoms with Crippen molar-refractivity contribution < 1.29 is 4.79 Å². The first-order chi connectivity index (χ1) is 12.9. The van der Waals surface area contributed by atoms with E-state index in [1.165, 1.54) is 0 Å². The zero-order valence-corrected chi connectivity index (χ0v) is 16.9. The lowest BCUT2D eigenvalue weighted by molar-refractivity contribution is 0.102. The van der Waals surface area contributed by atoms with Crippen LogP contribution < -0.4 is 15.5 Å². The van der Waals surface area contributed by atoms with Gasteiger partial charge in [0.15, 0.2) is 0 Å². The SMILES string of the molecule is CCN(CC)c1ccc(NC(=O)c2cnc(NCCN(C)C)nc2)c(C)c1. The summed E-state index contributed by atoms with van der Waals surface area (Å²) in [6.45, 7) is 9.80. The Morgan fingerprint density at radius 2 is 1.78 bits per heavy atom. The smallest absolute Gasteiger partial charge is 0.258 e. The number of benzene rings is 1. The molecule has 1 amide bonds. The summed E-state index contributed by atoms with van der Waals surface area (Å²) in [5, 5.41) is 6.07. The van der Waals surface area contributed by atoms with Gasteiger partial charge in [0, 0.05) is 49.9 Å². The van der Waals surface area contributed by atoms with E-state index in [1.54, 1.807) is 12.4 Å². The van der Waals surface area contributed by atoms with Gasteiger partial charge in [-0.05, 0) is 58.6 Å². The third-order valence-corrected chi connectivity index (χ3v) is 4.34. The Bertz CT molecular complexity index is 741. The number of likely N-dealkylation sites (N-methyl/N-ethyl adjacent to an activating group) is 1. The Morgan fingerprint density at radius 3 is 2.33 bits per heavy atom. The molecule has 27 heavy (non-hydrogen) atoms. The van der Waals surface area contributed by atoms with Gasteiger partial charge in [-0.25, -0.2) is 9.97 Å². The Kier molecular flexibility index (Phi) is 7.55. The van der Waals surface area contributed by atoms with Gasteiger partial charge >= 0.3 is 0 Å². The first kappa shape index (κ1) is 20.6. The fraction of sp³-hybridized carbons (Fsp3) is 0.450. The highest BCUT2D eigenvalue weighted by Crippen LogP contribution is 2.23. The lowest BCUT2D eigenvalue weighted by Crippen LogP contribution is -2.22. The first-order valence-corrected chi connectivity index (χ1v) is 9.32. The Hall–Kier alpha value is -2.67. The molecule has 0 unspecified atom stereocenters. The Morgan fingerprint density at radius 1 is 1.11 bits per heavy atom. The monoisotopic (exact) mass is 370 g/mol. The van der Waals surface area contributed by atoms with Crippen molar-refractivity contribution in [1.29, 1.82) is 0 Å². The van der Waals surface area contributed by atoms with Crippen LogP contribution in [0, 0.1) is 6.92 Å². The summed E-state index contributed by atoms with van der Waals surface area (Å²) in [4.78, 5) is 25.3. The molecule has 0 spiro atoms. The van der Waals surface area contributed by atoms with Gasteiger partial charge in [0.25, 0.3) is 5.91 Å². The maximum absolute atomic E-state index is 12.5. The molecule has 7 heteroatoms. The van der Waals surface area contributed by atoms with Gasteiger partial charge in [-0.2, -0.15) is 0 Å². The van der Waals surface area contributed by atoms with Crippen LogP contribution in [0.4, 0.5) is 17.3 Å². The number of nitrogens with zero attached hydrogens (tertiary/aromatic N) is 4. The zero-order valence-electron chi connectivity index (χ0n) is 16.9. The maximum atomic E-state index is 12.5. The molecule has 2 rings (SSSR count). The van der Waals surface area contributed by atoms with Crippen molar-refractivity contribution in [3.63, 3.8) is 0 Å². The van der Waals surface area contributed by atoms with Crippen LogP contribution in [0.5, 0.6) is 0 Å². The Balaban J connectivity index is 2.00. The molecule has 0 saturated carbocycles. The normalized spacial score (nSPS) is 10.7. The number of carbonyl (C=O) groups is 1. The average Bonchev–Trinajstić information content (AvgIpc) is 2.65. The summed E-state index contributed by atoms with van der Waals surface area (Å²) >= 11 is 0. The van der Waals surface area contributed by atoms with Crippen LogP contribution in [-0.4, -0.2) is 61.0 Å². The van der Waals surface area contributed by atoms with Crippen molar-refractivity contribution in [3.05, 3.63) is 41.7 Å². The molecule has 7 nitrogen and oxygen atoms in total. The number of hydrogen-bond acceptors (Lipinski definition) is 6. The van der Waals surface area contributed by atoms with E-state index >= 15 is 0 Å². The lowest BCUT2D eigenvalue weighted by Gasteiger charge is -2.22. The fourth-order valence-electron chi connectivity index (χ4n) is 2.70. The van der Waals surface area contributed by atoms with Crippen LogP contribution in [0.1, 0.15) is 29.8 Å². The molecule has 0 radical (unpaired) electrons. The molecule has 0 bridgehead atoms.